The molecule has 0 aliphatic rings. The Labute approximate surface area is 208 Å². The van der Waals surface area contributed by atoms with E-state index in [9.17, 15) is 18.7 Å². The van der Waals surface area contributed by atoms with Crippen LogP contribution >= 0.6 is 0 Å². The molecule has 0 spiro atoms. The van der Waals surface area contributed by atoms with Crippen LogP contribution in [0, 0.1) is 13.8 Å². The van der Waals surface area contributed by atoms with E-state index in [1.54, 1.807) is 24.5 Å². The third-order valence-electron chi connectivity index (χ3n) is 6.01. The molecular weight excluding hydrogens is 460 g/mol. The average Bonchev–Trinajstić information content (AvgIpc) is 2.85. The van der Waals surface area contributed by atoms with Crippen molar-refractivity contribution in [2.24, 2.45) is 0 Å². The Bertz CT molecular complexity index is 1370. The van der Waals surface area contributed by atoms with Crippen molar-refractivity contribution < 1.29 is 18.7 Å². The first-order chi connectivity index (χ1) is 17.1. The minimum absolute atomic E-state index is 0.0310. The van der Waals surface area contributed by atoms with Gasteiger partial charge in [0.15, 0.2) is 0 Å². The summed E-state index contributed by atoms with van der Waals surface area (Å²) < 4.78 is 27.9. The standard InChI is InChI=1S/C29H27F2N3O2/c1-18-4-13-25(19(2)16-18)28-27(32-14-15-33-28)22-7-11-24(12-8-22)34-26(36)17-21-5-9-23(10-6-21)29(30,31)20(3)35/h4-16,20,35H,17H2,1-3H3,(H,34,36). The molecule has 0 saturated carbocycles. The highest BCUT2D eigenvalue weighted by Crippen LogP contribution is 2.32. The number of alkyl halides is 2. The van der Waals surface area contributed by atoms with Crippen LogP contribution in [0.25, 0.3) is 22.5 Å². The number of nitrogens with zero attached hydrogens (tertiary/aromatic N) is 2. The molecule has 0 radical (unpaired) electrons. The number of amides is 1. The van der Waals surface area contributed by atoms with Crippen molar-refractivity contribution in [1.82, 2.24) is 9.97 Å². The van der Waals surface area contributed by atoms with Crippen LogP contribution in [0.4, 0.5) is 14.5 Å². The van der Waals surface area contributed by atoms with Crippen molar-refractivity contribution in [2.75, 3.05) is 5.32 Å². The van der Waals surface area contributed by atoms with Crippen molar-refractivity contribution in [3.05, 3.63) is 101 Å². The van der Waals surface area contributed by atoms with Crippen molar-refractivity contribution in [3.63, 3.8) is 0 Å². The van der Waals surface area contributed by atoms with E-state index >= 15 is 0 Å². The number of carbonyl (C=O) groups excluding carboxylic acids is 1. The minimum Gasteiger partial charge on any atom is -0.387 e. The number of carbonyl (C=O) groups is 1. The highest BCUT2D eigenvalue weighted by Gasteiger charge is 2.37. The van der Waals surface area contributed by atoms with Gasteiger partial charge in [0, 0.05) is 34.8 Å². The number of nitrogens with one attached hydrogen (secondary N) is 1. The number of hydrogen-bond acceptors (Lipinski definition) is 4. The number of aliphatic hydroxyl groups is 1. The van der Waals surface area contributed by atoms with Gasteiger partial charge in [-0.3, -0.25) is 14.8 Å². The van der Waals surface area contributed by atoms with Crippen LogP contribution in [-0.2, 0) is 17.1 Å². The molecule has 1 heterocycles. The van der Waals surface area contributed by atoms with Crippen molar-refractivity contribution in [1.29, 1.82) is 0 Å². The second kappa shape index (κ2) is 10.3. The summed E-state index contributed by atoms with van der Waals surface area (Å²) in [6.07, 6.45) is 1.56. The molecule has 0 aliphatic carbocycles. The van der Waals surface area contributed by atoms with Gasteiger partial charge in [-0.2, -0.15) is 8.78 Å². The van der Waals surface area contributed by atoms with E-state index in [0.29, 0.717) is 11.3 Å². The zero-order valence-corrected chi connectivity index (χ0v) is 20.3. The molecule has 0 fully saturated rings. The fourth-order valence-corrected chi connectivity index (χ4v) is 4.01. The first-order valence-corrected chi connectivity index (χ1v) is 11.6. The lowest BCUT2D eigenvalue weighted by Crippen LogP contribution is -2.27. The van der Waals surface area contributed by atoms with E-state index < -0.39 is 12.0 Å². The Morgan fingerprint density at radius 2 is 1.58 bits per heavy atom. The molecule has 1 amide bonds. The van der Waals surface area contributed by atoms with Crippen molar-refractivity contribution >= 4 is 11.6 Å². The Hall–Kier alpha value is -3.97. The molecule has 184 valence electrons. The molecule has 1 atom stereocenters. The number of aryl methyl sites for hydroxylation is 2. The maximum absolute atomic E-state index is 13.9. The van der Waals surface area contributed by atoms with Gasteiger partial charge < -0.3 is 10.4 Å². The van der Waals surface area contributed by atoms with E-state index in [0.717, 1.165) is 35.0 Å². The molecule has 2 N–H and O–H groups in total. The van der Waals surface area contributed by atoms with Gasteiger partial charge in [0.2, 0.25) is 5.91 Å². The van der Waals surface area contributed by atoms with Gasteiger partial charge in [0.25, 0.3) is 5.92 Å². The largest absolute Gasteiger partial charge is 0.387 e. The average molecular weight is 488 g/mol. The van der Waals surface area contributed by atoms with Crippen LogP contribution in [0.15, 0.2) is 79.1 Å². The third kappa shape index (κ3) is 5.47. The predicted octanol–water partition coefficient (Wildman–Crippen LogP) is 6.08. The highest BCUT2D eigenvalue weighted by atomic mass is 19.3. The number of aromatic nitrogens is 2. The monoisotopic (exact) mass is 487 g/mol. The number of benzene rings is 3. The smallest absolute Gasteiger partial charge is 0.298 e. The molecule has 0 bridgehead atoms. The fraction of sp³-hybridized carbons (Fsp3) is 0.207. The number of halogens is 2. The van der Waals surface area contributed by atoms with Crippen molar-refractivity contribution in [3.8, 4) is 22.5 Å². The second-order valence-corrected chi connectivity index (χ2v) is 8.87. The van der Waals surface area contributed by atoms with E-state index in [4.69, 9.17) is 0 Å². The lowest BCUT2D eigenvalue weighted by Gasteiger charge is -2.19. The molecule has 0 aliphatic heterocycles. The number of hydrogen-bond donors (Lipinski definition) is 2. The molecule has 36 heavy (non-hydrogen) atoms. The van der Waals surface area contributed by atoms with Gasteiger partial charge >= 0.3 is 0 Å². The summed E-state index contributed by atoms with van der Waals surface area (Å²) in [6.45, 7) is 5.14. The van der Waals surface area contributed by atoms with Gasteiger partial charge in [-0.25, -0.2) is 0 Å². The predicted molar refractivity (Wildman–Crippen MR) is 137 cm³/mol. The maximum Gasteiger partial charge on any atom is 0.298 e. The summed E-state index contributed by atoms with van der Waals surface area (Å²) in [4.78, 5) is 21.6. The fourth-order valence-electron chi connectivity index (χ4n) is 4.01. The van der Waals surface area contributed by atoms with Crippen molar-refractivity contribution in [2.45, 2.75) is 39.2 Å². The quantitative estimate of drug-likeness (QED) is 0.331. The van der Waals surface area contributed by atoms with E-state index in [1.165, 1.54) is 29.8 Å². The molecule has 5 nitrogen and oxygen atoms in total. The summed E-state index contributed by atoms with van der Waals surface area (Å²) in [5.41, 5.74) is 6.61. The van der Waals surface area contributed by atoms with Gasteiger partial charge in [-0.1, -0.05) is 60.2 Å². The SMILES string of the molecule is Cc1ccc(-c2nccnc2-c2ccc(NC(=O)Cc3ccc(C(F)(F)C(C)O)cc3)cc2)c(C)c1. The summed E-state index contributed by atoms with van der Waals surface area (Å²) in [5, 5.41) is 12.1. The Kier molecular flexibility index (Phi) is 7.22. The minimum atomic E-state index is -3.34. The molecule has 1 aromatic heterocycles. The van der Waals surface area contributed by atoms with E-state index in [2.05, 4.69) is 21.4 Å². The van der Waals surface area contributed by atoms with Crippen LogP contribution < -0.4 is 5.32 Å². The summed E-state index contributed by atoms with van der Waals surface area (Å²) in [5.74, 6) is -3.61. The molecule has 3 aromatic carbocycles. The zero-order chi connectivity index (χ0) is 25.9. The van der Waals surface area contributed by atoms with E-state index in [1.807, 2.05) is 38.1 Å². The lowest BCUT2D eigenvalue weighted by molar-refractivity contribution is -0.115. The third-order valence-corrected chi connectivity index (χ3v) is 6.01. The lowest BCUT2D eigenvalue weighted by atomic mass is 9.98. The normalized spacial score (nSPS) is 12.3. The second-order valence-electron chi connectivity index (χ2n) is 8.87. The van der Waals surface area contributed by atoms with Gasteiger partial charge in [0.1, 0.15) is 6.10 Å². The maximum atomic E-state index is 13.9. The summed E-state index contributed by atoms with van der Waals surface area (Å²) in [6, 6.07) is 18.9. The first kappa shape index (κ1) is 25.1. The van der Waals surface area contributed by atoms with Gasteiger partial charge in [-0.05, 0) is 44.0 Å². The van der Waals surface area contributed by atoms with E-state index in [-0.39, 0.29) is 17.9 Å². The van der Waals surface area contributed by atoms with Gasteiger partial charge in [0.05, 0.1) is 17.8 Å². The topological polar surface area (TPSA) is 75.1 Å². The van der Waals surface area contributed by atoms with Crippen LogP contribution in [0.1, 0.15) is 29.2 Å². The molecule has 0 saturated heterocycles. The van der Waals surface area contributed by atoms with Crippen LogP contribution in [0.5, 0.6) is 0 Å². The number of aliphatic hydroxyl groups excluding tert-OH is 1. The van der Waals surface area contributed by atoms with Crippen LogP contribution in [0.3, 0.4) is 0 Å². The zero-order valence-electron chi connectivity index (χ0n) is 20.3. The number of rotatable bonds is 7. The molecule has 4 aromatic rings. The molecule has 7 heteroatoms. The first-order valence-electron chi connectivity index (χ1n) is 11.6. The molecule has 1 unspecified atom stereocenters. The van der Waals surface area contributed by atoms with Crippen LogP contribution in [0.2, 0.25) is 0 Å². The molecular formula is C29H27F2N3O2. The Morgan fingerprint density at radius 3 is 2.19 bits per heavy atom. The summed E-state index contributed by atoms with van der Waals surface area (Å²) in [7, 11) is 0. The Morgan fingerprint density at radius 1 is 0.944 bits per heavy atom. The highest BCUT2D eigenvalue weighted by molar-refractivity contribution is 5.92. The van der Waals surface area contributed by atoms with Crippen LogP contribution in [-0.4, -0.2) is 27.1 Å². The van der Waals surface area contributed by atoms with Gasteiger partial charge in [-0.15, -0.1) is 0 Å². The summed E-state index contributed by atoms with van der Waals surface area (Å²) >= 11 is 0. The number of anilines is 1. The molecule has 4 rings (SSSR count). The Balaban J connectivity index is 1.46.